The van der Waals surface area contributed by atoms with Crippen LogP contribution in [0.1, 0.15) is 20.8 Å². The number of likely N-dealkylation sites (N-methyl/N-ethyl adjacent to an activating group) is 2. The van der Waals surface area contributed by atoms with Crippen LogP contribution >= 0.6 is 0 Å². The molecule has 0 aliphatic rings. The normalized spacial score (nSPS) is 10.7. The number of hydrogen-bond acceptors (Lipinski definition) is 2. The Morgan fingerprint density at radius 1 is 1.62 bits per heavy atom. The molecule has 0 bridgehead atoms. The molecule has 0 radical (unpaired) electrons. The molecule has 0 rings (SSSR count). The van der Waals surface area contributed by atoms with Crippen LogP contribution in [0.4, 0.5) is 0 Å². The van der Waals surface area contributed by atoms with Gasteiger partial charge >= 0.3 is 0 Å². The highest BCUT2D eigenvalue weighted by Gasteiger charge is 2.28. The molecule has 0 unspecified atom stereocenters. The lowest BCUT2D eigenvalue weighted by Gasteiger charge is -2.29. The lowest BCUT2D eigenvalue weighted by molar-refractivity contribution is -0.136. The van der Waals surface area contributed by atoms with Crippen molar-refractivity contribution in [2.45, 2.75) is 26.3 Å². The zero-order valence-corrected chi connectivity index (χ0v) is 8.85. The van der Waals surface area contributed by atoms with Crippen LogP contribution in [0.3, 0.4) is 0 Å². The first kappa shape index (κ1) is 12.0. The number of nitrogens with one attached hydrogen (secondary N) is 1. The summed E-state index contributed by atoms with van der Waals surface area (Å²) in [4.78, 5) is 13.4. The van der Waals surface area contributed by atoms with E-state index in [9.17, 15) is 4.79 Å². The summed E-state index contributed by atoms with van der Waals surface area (Å²) in [6, 6.07) is 0. The van der Waals surface area contributed by atoms with E-state index in [4.69, 9.17) is 6.42 Å². The molecule has 0 aromatic heterocycles. The van der Waals surface area contributed by atoms with E-state index in [1.807, 2.05) is 20.8 Å². The molecule has 1 amide bonds. The molecular weight excluding hydrogens is 164 g/mol. The van der Waals surface area contributed by atoms with Gasteiger partial charge < -0.3 is 10.2 Å². The first-order valence-electron chi connectivity index (χ1n) is 4.41. The van der Waals surface area contributed by atoms with Gasteiger partial charge in [-0.3, -0.25) is 4.79 Å². The zero-order chi connectivity index (χ0) is 10.5. The maximum absolute atomic E-state index is 11.8. The number of amides is 1. The quantitative estimate of drug-likeness (QED) is 0.641. The summed E-state index contributed by atoms with van der Waals surface area (Å²) in [6.45, 7) is 6.62. The summed E-state index contributed by atoms with van der Waals surface area (Å²) in [5.41, 5.74) is -0.535. The Morgan fingerprint density at radius 3 is 2.46 bits per heavy atom. The lowest BCUT2D eigenvalue weighted by Crippen LogP contribution is -2.52. The second-order valence-corrected chi connectivity index (χ2v) is 3.40. The molecule has 3 heteroatoms. The maximum Gasteiger partial charge on any atom is 0.243 e. The van der Waals surface area contributed by atoms with E-state index >= 15 is 0 Å². The minimum Gasteiger partial charge on any atom is -0.330 e. The Bertz CT molecular complexity index is 215. The van der Waals surface area contributed by atoms with Gasteiger partial charge in [0.05, 0.1) is 12.1 Å². The fourth-order valence-corrected chi connectivity index (χ4v) is 0.940. The van der Waals surface area contributed by atoms with E-state index in [0.717, 1.165) is 0 Å². The van der Waals surface area contributed by atoms with Gasteiger partial charge in [0.25, 0.3) is 0 Å². The maximum atomic E-state index is 11.8. The molecule has 3 nitrogen and oxygen atoms in total. The topological polar surface area (TPSA) is 32.3 Å². The van der Waals surface area contributed by atoms with E-state index in [1.165, 1.54) is 0 Å². The van der Waals surface area contributed by atoms with Gasteiger partial charge in [0.2, 0.25) is 5.91 Å². The van der Waals surface area contributed by atoms with Gasteiger partial charge in [-0.25, -0.2) is 0 Å². The van der Waals surface area contributed by atoms with Crippen molar-refractivity contribution in [2.75, 3.05) is 20.1 Å². The third kappa shape index (κ3) is 3.08. The highest BCUT2D eigenvalue weighted by atomic mass is 16.2. The summed E-state index contributed by atoms with van der Waals surface area (Å²) in [5.74, 6) is 2.51. The fourth-order valence-electron chi connectivity index (χ4n) is 0.940. The highest BCUT2D eigenvalue weighted by Crippen LogP contribution is 2.06. The molecule has 1 N–H and O–H groups in total. The molecule has 0 heterocycles. The van der Waals surface area contributed by atoms with E-state index < -0.39 is 5.54 Å². The van der Waals surface area contributed by atoms with Crippen molar-refractivity contribution >= 4 is 5.91 Å². The molecule has 13 heavy (non-hydrogen) atoms. The first-order valence-corrected chi connectivity index (χ1v) is 4.41. The van der Waals surface area contributed by atoms with Gasteiger partial charge in [-0.1, -0.05) is 5.92 Å². The molecule has 0 saturated carbocycles. The third-order valence-corrected chi connectivity index (χ3v) is 2.11. The highest BCUT2D eigenvalue weighted by molar-refractivity contribution is 5.85. The molecule has 0 aliphatic carbocycles. The van der Waals surface area contributed by atoms with E-state index in [0.29, 0.717) is 13.1 Å². The molecule has 0 aromatic rings. The molecule has 74 valence electrons. The van der Waals surface area contributed by atoms with Crippen molar-refractivity contribution in [3.8, 4) is 12.3 Å². The second kappa shape index (κ2) is 4.88. The van der Waals surface area contributed by atoms with Crippen LogP contribution in [0.2, 0.25) is 0 Å². The van der Waals surface area contributed by atoms with Crippen LogP contribution in [-0.4, -0.2) is 36.5 Å². The Hall–Kier alpha value is -1.01. The second-order valence-electron chi connectivity index (χ2n) is 3.40. The average Bonchev–Trinajstić information content (AvgIpc) is 2.13. The molecule has 0 aliphatic heterocycles. The number of carbonyl (C=O) groups excluding carboxylic acids is 1. The predicted molar refractivity (Wildman–Crippen MR) is 54.2 cm³/mol. The SMILES string of the molecule is C#CCN(CC)C(=O)C(C)(C)NC. The van der Waals surface area contributed by atoms with Gasteiger partial charge in [0.15, 0.2) is 0 Å². The summed E-state index contributed by atoms with van der Waals surface area (Å²) in [5, 5.41) is 2.95. The van der Waals surface area contributed by atoms with E-state index in [2.05, 4.69) is 11.2 Å². The van der Waals surface area contributed by atoms with Gasteiger partial charge in [0, 0.05) is 6.54 Å². The Balaban J connectivity index is 4.47. The summed E-state index contributed by atoms with van der Waals surface area (Å²) in [7, 11) is 1.77. The number of nitrogens with zero attached hydrogens (tertiary/aromatic N) is 1. The largest absolute Gasteiger partial charge is 0.330 e. The van der Waals surface area contributed by atoms with Crippen molar-refractivity contribution in [3.05, 3.63) is 0 Å². The standard InChI is InChI=1S/C10H18N2O/c1-6-8-12(7-2)9(13)10(3,4)11-5/h1,11H,7-8H2,2-5H3. The molecular formula is C10H18N2O. The predicted octanol–water partition coefficient (Wildman–Crippen LogP) is 0.466. The smallest absolute Gasteiger partial charge is 0.243 e. The Labute approximate surface area is 80.5 Å². The summed E-state index contributed by atoms with van der Waals surface area (Å²) < 4.78 is 0. The first-order chi connectivity index (χ1) is 5.99. The lowest BCUT2D eigenvalue weighted by atomic mass is 10.0. The van der Waals surface area contributed by atoms with Crippen molar-refractivity contribution in [3.63, 3.8) is 0 Å². The van der Waals surface area contributed by atoms with Crippen molar-refractivity contribution in [1.29, 1.82) is 0 Å². The van der Waals surface area contributed by atoms with Crippen molar-refractivity contribution < 1.29 is 4.79 Å². The van der Waals surface area contributed by atoms with Crippen LogP contribution < -0.4 is 5.32 Å². The Kier molecular flexibility index (Phi) is 4.50. The third-order valence-electron chi connectivity index (χ3n) is 2.11. The van der Waals surface area contributed by atoms with Gasteiger partial charge in [-0.05, 0) is 27.8 Å². The minimum atomic E-state index is -0.535. The fraction of sp³-hybridized carbons (Fsp3) is 0.700. The van der Waals surface area contributed by atoms with Gasteiger partial charge in [-0.15, -0.1) is 6.42 Å². The average molecular weight is 182 g/mol. The molecule has 0 atom stereocenters. The van der Waals surface area contributed by atoms with Crippen LogP contribution in [0, 0.1) is 12.3 Å². The zero-order valence-electron chi connectivity index (χ0n) is 8.85. The molecule has 0 saturated heterocycles. The number of rotatable bonds is 4. The number of carbonyl (C=O) groups is 1. The van der Waals surface area contributed by atoms with Crippen molar-refractivity contribution in [2.24, 2.45) is 0 Å². The Morgan fingerprint density at radius 2 is 2.15 bits per heavy atom. The molecule has 0 fully saturated rings. The van der Waals surface area contributed by atoms with Gasteiger partial charge in [-0.2, -0.15) is 0 Å². The summed E-state index contributed by atoms with van der Waals surface area (Å²) in [6.07, 6.45) is 5.16. The van der Waals surface area contributed by atoms with E-state index in [1.54, 1.807) is 11.9 Å². The minimum absolute atomic E-state index is 0.0375. The van der Waals surface area contributed by atoms with Crippen LogP contribution in [0.15, 0.2) is 0 Å². The van der Waals surface area contributed by atoms with E-state index in [-0.39, 0.29) is 5.91 Å². The van der Waals surface area contributed by atoms with Gasteiger partial charge in [0.1, 0.15) is 0 Å². The molecule has 0 spiro atoms. The number of hydrogen-bond donors (Lipinski definition) is 1. The monoisotopic (exact) mass is 182 g/mol. The molecule has 0 aromatic carbocycles. The van der Waals surface area contributed by atoms with Crippen molar-refractivity contribution in [1.82, 2.24) is 10.2 Å². The summed E-state index contributed by atoms with van der Waals surface area (Å²) >= 11 is 0. The van der Waals surface area contributed by atoms with Crippen LogP contribution in [0.25, 0.3) is 0 Å². The van der Waals surface area contributed by atoms with Crippen LogP contribution in [0.5, 0.6) is 0 Å². The number of terminal acetylenes is 1. The van der Waals surface area contributed by atoms with Crippen LogP contribution in [-0.2, 0) is 4.79 Å².